The first-order chi connectivity index (χ1) is 10.5. The highest BCUT2D eigenvalue weighted by Gasteiger charge is 2.07. The predicted molar refractivity (Wildman–Crippen MR) is 90.2 cm³/mol. The molecule has 0 fully saturated rings. The molecule has 0 saturated heterocycles. The number of aromatic nitrogens is 2. The molecule has 0 unspecified atom stereocenters. The second-order valence-electron chi connectivity index (χ2n) is 4.47. The number of urea groups is 1. The van der Waals surface area contributed by atoms with Crippen molar-refractivity contribution in [3.05, 3.63) is 51.7 Å². The number of anilines is 2. The second-order valence-corrected chi connectivity index (χ2v) is 5.64. The summed E-state index contributed by atoms with van der Waals surface area (Å²) in [5.74, 6) is 0. The lowest BCUT2D eigenvalue weighted by Gasteiger charge is -2.08. The van der Waals surface area contributed by atoms with Crippen LogP contribution in [0.2, 0.25) is 15.3 Å². The molecule has 3 N–H and O–H groups in total. The largest absolute Gasteiger partial charge is 0.329 e. The monoisotopic (exact) mass is 354 g/mol. The van der Waals surface area contributed by atoms with E-state index in [0.29, 0.717) is 26.7 Å². The van der Waals surface area contributed by atoms with Gasteiger partial charge in [-0.3, -0.25) is 0 Å². The molecular formula is C14H9Cl3N4O. The van der Waals surface area contributed by atoms with Crippen molar-refractivity contribution in [1.29, 1.82) is 0 Å². The molecule has 3 rings (SSSR count). The van der Waals surface area contributed by atoms with E-state index in [1.54, 1.807) is 36.4 Å². The summed E-state index contributed by atoms with van der Waals surface area (Å²) in [4.78, 5) is 18.9. The van der Waals surface area contributed by atoms with Crippen molar-refractivity contribution in [2.75, 3.05) is 10.6 Å². The third-order valence-electron chi connectivity index (χ3n) is 2.89. The summed E-state index contributed by atoms with van der Waals surface area (Å²) >= 11 is 17.5. The fraction of sp³-hybridized carbons (Fsp3) is 0. The van der Waals surface area contributed by atoms with Crippen molar-refractivity contribution in [2.45, 2.75) is 0 Å². The molecule has 0 aliphatic rings. The van der Waals surface area contributed by atoms with Crippen LogP contribution >= 0.6 is 34.8 Å². The Kier molecular flexibility index (Phi) is 4.11. The smallest absolute Gasteiger partial charge is 0.323 e. The summed E-state index contributed by atoms with van der Waals surface area (Å²) in [6, 6.07) is 9.66. The van der Waals surface area contributed by atoms with Gasteiger partial charge in [-0.2, -0.15) is 0 Å². The molecular weight excluding hydrogens is 347 g/mol. The molecule has 22 heavy (non-hydrogen) atoms. The van der Waals surface area contributed by atoms with Crippen LogP contribution in [0.3, 0.4) is 0 Å². The quantitative estimate of drug-likeness (QED) is 0.593. The number of nitrogens with zero attached hydrogens (tertiary/aromatic N) is 1. The van der Waals surface area contributed by atoms with Crippen LogP contribution < -0.4 is 10.6 Å². The van der Waals surface area contributed by atoms with E-state index in [1.807, 2.05) is 0 Å². The van der Waals surface area contributed by atoms with E-state index in [2.05, 4.69) is 20.6 Å². The van der Waals surface area contributed by atoms with Crippen molar-refractivity contribution in [1.82, 2.24) is 9.97 Å². The highest BCUT2D eigenvalue weighted by Crippen LogP contribution is 2.25. The molecule has 8 heteroatoms. The van der Waals surface area contributed by atoms with E-state index >= 15 is 0 Å². The van der Waals surface area contributed by atoms with Gasteiger partial charge in [-0.05, 0) is 48.0 Å². The molecule has 0 bridgehead atoms. The Morgan fingerprint density at radius 3 is 2.36 bits per heavy atom. The number of H-pyrrole nitrogens is 1. The minimum atomic E-state index is -0.400. The average molecular weight is 356 g/mol. The number of fused-ring (bicyclic) bond motifs is 1. The number of hydrogen-bond acceptors (Lipinski definition) is 2. The number of imidazole rings is 1. The summed E-state index contributed by atoms with van der Waals surface area (Å²) in [6.45, 7) is 0. The number of benzene rings is 2. The van der Waals surface area contributed by atoms with Gasteiger partial charge < -0.3 is 15.6 Å². The predicted octanol–water partition coefficient (Wildman–Crippen LogP) is 5.17. The number of carbonyl (C=O) groups is 1. The highest BCUT2D eigenvalue weighted by atomic mass is 35.5. The van der Waals surface area contributed by atoms with Crippen LogP contribution in [0.25, 0.3) is 11.0 Å². The lowest BCUT2D eigenvalue weighted by atomic mass is 10.3. The first-order valence-electron chi connectivity index (χ1n) is 6.19. The van der Waals surface area contributed by atoms with Crippen LogP contribution in [0.4, 0.5) is 16.2 Å². The number of rotatable bonds is 2. The van der Waals surface area contributed by atoms with Crippen LogP contribution in [-0.4, -0.2) is 16.0 Å². The Morgan fingerprint density at radius 2 is 1.64 bits per heavy atom. The van der Waals surface area contributed by atoms with E-state index in [0.717, 1.165) is 11.0 Å². The van der Waals surface area contributed by atoms with Gasteiger partial charge in [0.2, 0.25) is 5.28 Å². The maximum absolute atomic E-state index is 12.0. The van der Waals surface area contributed by atoms with Crippen LogP contribution in [0.15, 0.2) is 36.4 Å². The SMILES string of the molecule is O=C(Nc1ccc(Cl)c(Cl)c1)Nc1ccc2nc(Cl)[nH]c2c1. The second kappa shape index (κ2) is 6.04. The number of hydrogen-bond donors (Lipinski definition) is 3. The molecule has 0 saturated carbocycles. The molecule has 1 heterocycles. The van der Waals surface area contributed by atoms with Crippen molar-refractivity contribution in [3.8, 4) is 0 Å². The third-order valence-corrected chi connectivity index (χ3v) is 3.81. The Hall–Kier alpha value is -1.95. The molecule has 0 spiro atoms. The fourth-order valence-electron chi connectivity index (χ4n) is 1.92. The Morgan fingerprint density at radius 1 is 0.955 bits per heavy atom. The fourth-order valence-corrected chi connectivity index (χ4v) is 2.41. The summed E-state index contributed by atoms with van der Waals surface area (Å²) in [5.41, 5.74) is 2.60. The Bertz CT molecular complexity index is 862. The van der Waals surface area contributed by atoms with Crippen LogP contribution in [-0.2, 0) is 0 Å². The maximum atomic E-state index is 12.0. The first-order valence-corrected chi connectivity index (χ1v) is 7.33. The Labute approximate surface area is 140 Å². The normalized spacial score (nSPS) is 10.7. The summed E-state index contributed by atoms with van der Waals surface area (Å²) < 4.78 is 0. The van der Waals surface area contributed by atoms with Gasteiger partial charge in [0.05, 0.1) is 21.1 Å². The zero-order valence-electron chi connectivity index (χ0n) is 11.0. The molecule has 0 radical (unpaired) electrons. The first kappa shape index (κ1) is 15.0. The topological polar surface area (TPSA) is 69.8 Å². The van der Waals surface area contributed by atoms with Crippen LogP contribution in [0.5, 0.6) is 0 Å². The van der Waals surface area contributed by atoms with Gasteiger partial charge in [0.25, 0.3) is 0 Å². The van der Waals surface area contributed by atoms with E-state index in [1.165, 1.54) is 0 Å². The van der Waals surface area contributed by atoms with Crippen molar-refractivity contribution in [2.24, 2.45) is 0 Å². The zero-order chi connectivity index (χ0) is 15.7. The molecule has 0 atom stereocenters. The maximum Gasteiger partial charge on any atom is 0.323 e. The molecule has 2 amide bonds. The van der Waals surface area contributed by atoms with Gasteiger partial charge in [0, 0.05) is 11.4 Å². The molecule has 0 aliphatic heterocycles. The number of nitrogens with one attached hydrogen (secondary N) is 3. The van der Waals surface area contributed by atoms with Gasteiger partial charge in [0.15, 0.2) is 0 Å². The average Bonchev–Trinajstić information content (AvgIpc) is 2.82. The molecule has 1 aromatic heterocycles. The van der Waals surface area contributed by atoms with Crippen molar-refractivity contribution in [3.63, 3.8) is 0 Å². The van der Waals surface area contributed by atoms with E-state index in [9.17, 15) is 4.79 Å². The highest BCUT2D eigenvalue weighted by molar-refractivity contribution is 6.42. The lowest BCUT2D eigenvalue weighted by molar-refractivity contribution is 0.262. The lowest BCUT2D eigenvalue weighted by Crippen LogP contribution is -2.19. The number of carbonyl (C=O) groups excluding carboxylic acids is 1. The number of halogens is 3. The molecule has 5 nitrogen and oxygen atoms in total. The van der Waals surface area contributed by atoms with Crippen LogP contribution in [0.1, 0.15) is 0 Å². The van der Waals surface area contributed by atoms with E-state index < -0.39 is 6.03 Å². The van der Waals surface area contributed by atoms with Gasteiger partial charge in [0.1, 0.15) is 0 Å². The van der Waals surface area contributed by atoms with Crippen molar-refractivity contribution >= 4 is 63.2 Å². The number of amides is 2. The number of aromatic amines is 1. The minimum absolute atomic E-state index is 0.299. The Balaban J connectivity index is 1.73. The van der Waals surface area contributed by atoms with Gasteiger partial charge in [-0.15, -0.1) is 0 Å². The summed E-state index contributed by atoms with van der Waals surface area (Å²) in [7, 11) is 0. The zero-order valence-corrected chi connectivity index (χ0v) is 13.2. The molecule has 2 aromatic carbocycles. The van der Waals surface area contributed by atoms with Crippen molar-refractivity contribution < 1.29 is 4.79 Å². The van der Waals surface area contributed by atoms with Gasteiger partial charge in [-0.1, -0.05) is 23.2 Å². The standard InChI is InChI=1S/C14H9Cl3N4O/c15-9-3-1-7(5-10(9)16)18-14(22)19-8-2-4-11-12(6-8)21-13(17)20-11/h1-6H,(H,20,21)(H2,18,19,22). The molecule has 3 aromatic rings. The molecule has 112 valence electrons. The van der Waals surface area contributed by atoms with E-state index in [4.69, 9.17) is 34.8 Å². The van der Waals surface area contributed by atoms with Crippen LogP contribution in [0, 0.1) is 0 Å². The summed E-state index contributed by atoms with van der Waals surface area (Å²) in [5, 5.41) is 6.47. The van der Waals surface area contributed by atoms with Gasteiger partial charge >= 0.3 is 6.03 Å². The molecule has 0 aliphatic carbocycles. The minimum Gasteiger partial charge on any atom is -0.329 e. The van der Waals surface area contributed by atoms with Gasteiger partial charge in [-0.25, -0.2) is 9.78 Å². The summed E-state index contributed by atoms with van der Waals surface area (Å²) in [6.07, 6.45) is 0. The third kappa shape index (κ3) is 3.27. The van der Waals surface area contributed by atoms with E-state index in [-0.39, 0.29) is 0 Å².